The summed E-state index contributed by atoms with van der Waals surface area (Å²) in [5, 5.41) is 8.06. The van der Waals surface area contributed by atoms with Crippen molar-refractivity contribution >= 4 is 11.4 Å². The predicted molar refractivity (Wildman–Crippen MR) is 154 cm³/mol. The molecule has 4 nitrogen and oxygen atoms in total. The van der Waals surface area contributed by atoms with Gasteiger partial charge in [0, 0.05) is 5.56 Å². The van der Waals surface area contributed by atoms with Crippen molar-refractivity contribution < 1.29 is 22.6 Å². The number of terminal acetylenes is 1. The fraction of sp³-hybridized carbons (Fsp3) is 0.394. The van der Waals surface area contributed by atoms with Crippen LogP contribution >= 0.6 is 0 Å². The highest BCUT2D eigenvalue weighted by Crippen LogP contribution is 2.31. The molecule has 0 aromatic heterocycles. The molecular formula is C33H37F3N2O2. The Morgan fingerprint density at radius 2 is 0.925 bits per heavy atom. The quantitative estimate of drug-likeness (QED) is 0.0953. The van der Waals surface area contributed by atoms with Crippen LogP contribution in [0.3, 0.4) is 0 Å². The minimum absolute atomic E-state index is 0.360. The molecule has 0 bridgehead atoms. The van der Waals surface area contributed by atoms with Gasteiger partial charge in [-0.2, -0.15) is 23.4 Å². The maximum atomic E-state index is 12.6. The van der Waals surface area contributed by atoms with Crippen LogP contribution in [0.15, 0.2) is 83.0 Å². The van der Waals surface area contributed by atoms with Gasteiger partial charge in [-0.1, -0.05) is 57.3 Å². The van der Waals surface area contributed by atoms with Crippen LogP contribution in [0.2, 0.25) is 0 Å². The highest BCUT2D eigenvalue weighted by Gasteiger charge is 2.29. The number of azo groups is 1. The second-order valence-corrected chi connectivity index (χ2v) is 9.64. The Labute approximate surface area is 235 Å². The van der Waals surface area contributed by atoms with Crippen LogP contribution in [0.4, 0.5) is 24.5 Å². The average Bonchev–Trinajstić information content (AvgIpc) is 2.97. The van der Waals surface area contributed by atoms with E-state index in [1.54, 1.807) is 12.1 Å². The Balaban J connectivity index is 1.14. The molecule has 3 aromatic carbocycles. The summed E-state index contributed by atoms with van der Waals surface area (Å²) in [6.45, 7) is 1.42. The third kappa shape index (κ3) is 11.9. The third-order valence-electron chi connectivity index (χ3n) is 6.41. The van der Waals surface area contributed by atoms with Crippen LogP contribution in [-0.2, 0) is 6.18 Å². The van der Waals surface area contributed by atoms with E-state index < -0.39 is 11.7 Å². The van der Waals surface area contributed by atoms with E-state index in [9.17, 15) is 13.2 Å². The molecule has 212 valence electrons. The molecule has 3 aromatic rings. The first kappa shape index (κ1) is 30.7. The number of rotatable bonds is 17. The lowest BCUT2D eigenvalue weighted by atomic mass is 10.1. The smallest absolute Gasteiger partial charge is 0.416 e. The molecule has 7 heteroatoms. The van der Waals surface area contributed by atoms with Crippen molar-refractivity contribution in [3.63, 3.8) is 0 Å². The van der Waals surface area contributed by atoms with Gasteiger partial charge >= 0.3 is 6.18 Å². The van der Waals surface area contributed by atoms with Crippen molar-refractivity contribution in [2.75, 3.05) is 13.2 Å². The van der Waals surface area contributed by atoms with Gasteiger partial charge in [-0.15, -0.1) is 6.42 Å². The molecule has 3 rings (SSSR count). The first-order chi connectivity index (χ1) is 19.4. The molecule has 0 saturated heterocycles. The predicted octanol–water partition coefficient (Wildman–Crippen LogP) is 10.5. The fourth-order valence-corrected chi connectivity index (χ4v) is 4.09. The lowest BCUT2D eigenvalue weighted by Gasteiger charge is -2.07. The van der Waals surface area contributed by atoms with Gasteiger partial charge in [0.15, 0.2) is 0 Å². The Morgan fingerprint density at radius 1 is 0.550 bits per heavy atom. The number of hydrogen-bond donors (Lipinski definition) is 0. The van der Waals surface area contributed by atoms with Crippen molar-refractivity contribution in [2.24, 2.45) is 10.2 Å². The second-order valence-electron chi connectivity index (χ2n) is 9.64. The molecule has 0 amide bonds. The highest BCUT2D eigenvalue weighted by atomic mass is 19.4. The zero-order valence-electron chi connectivity index (χ0n) is 22.8. The second kappa shape index (κ2) is 17.0. The van der Waals surface area contributed by atoms with E-state index in [4.69, 9.17) is 15.9 Å². The van der Waals surface area contributed by atoms with Crippen LogP contribution in [0, 0.1) is 12.3 Å². The molecule has 0 aliphatic carbocycles. The number of hydrogen-bond acceptors (Lipinski definition) is 4. The van der Waals surface area contributed by atoms with E-state index in [0.29, 0.717) is 18.0 Å². The van der Waals surface area contributed by atoms with E-state index >= 15 is 0 Å². The van der Waals surface area contributed by atoms with Crippen molar-refractivity contribution in [3.8, 4) is 23.8 Å². The number of alkyl halides is 3. The van der Waals surface area contributed by atoms with Gasteiger partial charge in [0.25, 0.3) is 0 Å². The Hall–Kier alpha value is -3.79. The van der Waals surface area contributed by atoms with E-state index in [2.05, 4.69) is 16.1 Å². The van der Waals surface area contributed by atoms with Crippen LogP contribution < -0.4 is 9.47 Å². The molecule has 0 radical (unpaired) electrons. The molecular weight excluding hydrogens is 513 g/mol. The third-order valence-corrected chi connectivity index (χ3v) is 6.41. The molecule has 0 spiro atoms. The summed E-state index contributed by atoms with van der Waals surface area (Å²) in [6, 6.07) is 19.4. The van der Waals surface area contributed by atoms with Gasteiger partial charge in [-0.25, -0.2) is 0 Å². The number of benzene rings is 3. The first-order valence-electron chi connectivity index (χ1n) is 14.0. The normalized spacial score (nSPS) is 11.4. The van der Waals surface area contributed by atoms with Crippen LogP contribution in [0.5, 0.6) is 11.5 Å². The fourth-order valence-electron chi connectivity index (χ4n) is 4.09. The number of halogens is 3. The summed E-state index contributed by atoms with van der Waals surface area (Å²) in [6.07, 6.45) is 13.0. The maximum absolute atomic E-state index is 12.6. The lowest BCUT2D eigenvalue weighted by molar-refractivity contribution is -0.137. The van der Waals surface area contributed by atoms with E-state index in [-0.39, 0.29) is 0 Å². The number of ether oxygens (including phenoxy) is 2. The lowest BCUT2D eigenvalue weighted by Crippen LogP contribution is -2.03. The van der Waals surface area contributed by atoms with Crippen molar-refractivity contribution in [3.05, 3.63) is 83.9 Å². The molecule has 0 unspecified atom stereocenters. The molecule has 0 aliphatic rings. The zero-order chi connectivity index (χ0) is 28.5. The Morgan fingerprint density at radius 3 is 1.32 bits per heavy atom. The Bertz CT molecular complexity index is 1180. The standard InChI is InChI=1S/C33H37F3N2O2/c1-2-27-13-21-31(22-14-27)39-25-11-9-7-5-3-4-6-8-10-12-26-40-32-23-19-30(20-24-32)38-37-29-17-15-28(16-18-29)33(34,35)36/h1,13-24H,3-12,25-26H2. The summed E-state index contributed by atoms with van der Waals surface area (Å²) >= 11 is 0. The maximum Gasteiger partial charge on any atom is 0.416 e. The molecule has 0 atom stereocenters. The summed E-state index contributed by atoms with van der Waals surface area (Å²) in [5.74, 6) is 4.25. The molecule has 0 N–H and O–H groups in total. The highest BCUT2D eigenvalue weighted by molar-refractivity contribution is 5.43. The van der Waals surface area contributed by atoms with Gasteiger partial charge in [0.2, 0.25) is 0 Å². The van der Waals surface area contributed by atoms with E-state index in [1.807, 2.05) is 36.4 Å². The van der Waals surface area contributed by atoms with Gasteiger partial charge in [-0.3, -0.25) is 0 Å². The van der Waals surface area contributed by atoms with Crippen LogP contribution in [0.1, 0.15) is 75.3 Å². The van der Waals surface area contributed by atoms with E-state index in [1.165, 1.54) is 57.1 Å². The Kier molecular flexibility index (Phi) is 13.1. The number of nitrogens with zero attached hydrogens (tertiary/aromatic N) is 2. The minimum Gasteiger partial charge on any atom is -0.494 e. The SMILES string of the molecule is C#Cc1ccc(OCCCCCCCCCCCCOc2ccc(N=Nc3ccc(C(F)(F)F)cc3)cc2)cc1. The van der Waals surface area contributed by atoms with Crippen LogP contribution in [0.25, 0.3) is 0 Å². The monoisotopic (exact) mass is 550 g/mol. The van der Waals surface area contributed by atoms with Gasteiger partial charge < -0.3 is 9.47 Å². The van der Waals surface area contributed by atoms with Gasteiger partial charge in [0.05, 0.1) is 30.2 Å². The molecule has 40 heavy (non-hydrogen) atoms. The van der Waals surface area contributed by atoms with Crippen LogP contribution in [-0.4, -0.2) is 13.2 Å². The average molecular weight is 551 g/mol. The molecule has 0 saturated carbocycles. The van der Waals surface area contributed by atoms with Crippen molar-refractivity contribution in [1.29, 1.82) is 0 Å². The summed E-state index contributed by atoms with van der Waals surface area (Å²) in [4.78, 5) is 0. The molecule has 0 fully saturated rings. The molecule has 0 aliphatic heterocycles. The summed E-state index contributed by atoms with van der Waals surface area (Å²) in [5.41, 5.74) is 1.13. The van der Waals surface area contributed by atoms with Gasteiger partial charge in [-0.05, 0) is 85.6 Å². The van der Waals surface area contributed by atoms with Crippen molar-refractivity contribution in [2.45, 2.75) is 70.4 Å². The topological polar surface area (TPSA) is 43.2 Å². The number of unbranched alkanes of at least 4 members (excludes halogenated alkanes) is 9. The first-order valence-corrected chi connectivity index (χ1v) is 14.0. The van der Waals surface area contributed by atoms with Gasteiger partial charge in [0.1, 0.15) is 11.5 Å². The zero-order valence-corrected chi connectivity index (χ0v) is 22.8. The summed E-state index contributed by atoms with van der Waals surface area (Å²) < 4.78 is 49.5. The van der Waals surface area contributed by atoms with Crippen molar-refractivity contribution in [1.82, 2.24) is 0 Å². The largest absolute Gasteiger partial charge is 0.494 e. The molecule has 0 heterocycles. The van der Waals surface area contributed by atoms with E-state index in [0.717, 1.165) is 55.1 Å². The summed E-state index contributed by atoms with van der Waals surface area (Å²) in [7, 11) is 0. The minimum atomic E-state index is -4.36.